The molecule has 1 unspecified atom stereocenters. The van der Waals surface area contributed by atoms with Gasteiger partial charge in [0.25, 0.3) is 0 Å². The zero-order valence-corrected chi connectivity index (χ0v) is 11.1. The lowest BCUT2D eigenvalue weighted by molar-refractivity contribution is 0.328. The lowest BCUT2D eigenvalue weighted by Crippen LogP contribution is -2.32. The van der Waals surface area contributed by atoms with E-state index >= 15 is 0 Å². The molecule has 0 aliphatic carbocycles. The minimum Gasteiger partial charge on any atom is -0.245 e. The Labute approximate surface area is 105 Å². The van der Waals surface area contributed by atoms with E-state index in [4.69, 9.17) is 16.9 Å². The summed E-state index contributed by atoms with van der Waals surface area (Å²) in [4.78, 5) is 0. The first-order chi connectivity index (χ1) is 7.79. The molecule has 1 aromatic heterocycles. The van der Waals surface area contributed by atoms with Gasteiger partial charge in [0.15, 0.2) is 9.84 Å². The van der Waals surface area contributed by atoms with Gasteiger partial charge >= 0.3 is 0 Å². The van der Waals surface area contributed by atoms with Gasteiger partial charge in [0, 0.05) is 0 Å². The third-order valence-corrected chi connectivity index (χ3v) is 5.35. The van der Waals surface area contributed by atoms with Crippen molar-refractivity contribution in [3.05, 3.63) is 16.4 Å². The smallest absolute Gasteiger partial charge is 0.152 e. The Bertz CT molecular complexity index is 614. The highest BCUT2D eigenvalue weighted by Crippen LogP contribution is 2.34. The molecule has 1 fully saturated rings. The van der Waals surface area contributed by atoms with Crippen LogP contribution in [-0.4, -0.2) is 29.7 Å². The highest BCUT2D eigenvalue weighted by molar-refractivity contribution is 7.91. The molecule has 1 aliphatic heterocycles. The number of sulfone groups is 1. The van der Waals surface area contributed by atoms with Gasteiger partial charge in [-0.3, -0.25) is 0 Å². The Balaban J connectivity index is 2.53. The lowest BCUT2D eigenvalue weighted by Gasteiger charge is -2.23. The molecule has 0 aromatic carbocycles. The second-order valence-corrected chi connectivity index (χ2v) is 7.16. The van der Waals surface area contributed by atoms with Gasteiger partial charge in [-0.05, 0) is 20.3 Å². The predicted molar refractivity (Wildman–Crippen MR) is 63.6 cm³/mol. The molecule has 0 amide bonds. The largest absolute Gasteiger partial charge is 0.245 e. The second kappa shape index (κ2) is 3.72. The minimum atomic E-state index is -3.03. The van der Waals surface area contributed by atoms with Crippen LogP contribution in [-0.2, 0) is 15.4 Å². The third kappa shape index (κ3) is 1.94. The molecule has 0 N–H and O–H groups in total. The van der Waals surface area contributed by atoms with E-state index in [1.165, 1.54) is 4.68 Å². The van der Waals surface area contributed by atoms with Gasteiger partial charge in [-0.15, -0.1) is 0 Å². The summed E-state index contributed by atoms with van der Waals surface area (Å²) in [7, 11) is -3.03. The molecule has 2 rings (SSSR count). The van der Waals surface area contributed by atoms with Gasteiger partial charge in [0.2, 0.25) is 0 Å². The predicted octanol–water partition coefficient (Wildman–Crippen LogP) is 1.25. The van der Waals surface area contributed by atoms with Crippen LogP contribution in [0.25, 0.3) is 0 Å². The summed E-state index contributed by atoms with van der Waals surface area (Å²) in [6.07, 6.45) is 0.473. The van der Waals surface area contributed by atoms with Crippen molar-refractivity contribution < 1.29 is 8.42 Å². The van der Waals surface area contributed by atoms with Crippen LogP contribution >= 0.6 is 11.6 Å². The van der Waals surface area contributed by atoms with E-state index < -0.39 is 15.4 Å². The molecule has 0 saturated carbocycles. The van der Waals surface area contributed by atoms with Gasteiger partial charge in [0.05, 0.1) is 22.7 Å². The molecule has 1 saturated heterocycles. The number of nitrogens with zero attached hydrogens (tertiary/aromatic N) is 3. The third-order valence-electron chi connectivity index (χ3n) is 3.11. The molecule has 1 aliphatic rings. The Morgan fingerprint density at radius 2 is 2.24 bits per heavy atom. The normalized spacial score (nSPS) is 26.9. The highest BCUT2D eigenvalue weighted by Gasteiger charge is 2.42. The van der Waals surface area contributed by atoms with Gasteiger partial charge in [-0.2, -0.15) is 10.4 Å². The van der Waals surface area contributed by atoms with E-state index in [9.17, 15) is 8.42 Å². The molecule has 5 nitrogen and oxygen atoms in total. The maximum Gasteiger partial charge on any atom is 0.152 e. The van der Waals surface area contributed by atoms with E-state index in [2.05, 4.69) is 5.10 Å². The van der Waals surface area contributed by atoms with Crippen molar-refractivity contribution in [3.63, 3.8) is 0 Å². The van der Waals surface area contributed by atoms with Crippen molar-refractivity contribution in [2.45, 2.75) is 25.8 Å². The van der Waals surface area contributed by atoms with Crippen LogP contribution in [0, 0.1) is 18.3 Å². The van der Waals surface area contributed by atoms with Crippen molar-refractivity contribution in [2.75, 3.05) is 11.5 Å². The van der Waals surface area contributed by atoms with Crippen molar-refractivity contribution in [3.8, 4) is 6.07 Å². The average molecular weight is 274 g/mol. The number of halogens is 1. The Morgan fingerprint density at radius 1 is 1.59 bits per heavy atom. The van der Waals surface area contributed by atoms with Crippen molar-refractivity contribution in [1.82, 2.24) is 9.78 Å². The number of hydrogen-bond acceptors (Lipinski definition) is 4. The summed E-state index contributed by atoms with van der Waals surface area (Å²) in [5.74, 6) is 0.159. The van der Waals surface area contributed by atoms with E-state index in [-0.39, 0.29) is 16.7 Å². The Kier molecular flexibility index (Phi) is 2.71. The van der Waals surface area contributed by atoms with Gasteiger partial charge in [0.1, 0.15) is 16.8 Å². The fourth-order valence-electron chi connectivity index (χ4n) is 2.14. The SMILES string of the molecule is Cc1nn(C2(C)CCS(=O)(=O)C2)c(Cl)c1C#N. The second-order valence-electron chi connectivity index (χ2n) is 4.61. The van der Waals surface area contributed by atoms with Crippen LogP contribution in [0.3, 0.4) is 0 Å². The molecule has 1 aromatic rings. The topological polar surface area (TPSA) is 75.8 Å². The fraction of sp³-hybridized carbons (Fsp3) is 0.600. The minimum absolute atomic E-state index is 0.0196. The average Bonchev–Trinajstić information content (AvgIpc) is 2.66. The molecule has 0 spiro atoms. The van der Waals surface area contributed by atoms with Crippen LogP contribution < -0.4 is 0 Å². The van der Waals surface area contributed by atoms with Gasteiger partial charge < -0.3 is 0 Å². The molecule has 2 heterocycles. The monoisotopic (exact) mass is 273 g/mol. The lowest BCUT2D eigenvalue weighted by atomic mass is 10.0. The maximum atomic E-state index is 11.5. The molecule has 0 radical (unpaired) electrons. The first kappa shape index (κ1) is 12.4. The summed E-state index contributed by atoms with van der Waals surface area (Å²) in [5.41, 5.74) is 0.204. The quantitative estimate of drug-likeness (QED) is 0.772. The van der Waals surface area contributed by atoms with Crippen LogP contribution in [0.2, 0.25) is 5.15 Å². The maximum absolute atomic E-state index is 11.5. The number of aromatic nitrogens is 2. The molecule has 17 heavy (non-hydrogen) atoms. The van der Waals surface area contributed by atoms with Crippen LogP contribution in [0.4, 0.5) is 0 Å². The van der Waals surface area contributed by atoms with Gasteiger partial charge in [-0.25, -0.2) is 13.1 Å². The van der Waals surface area contributed by atoms with Crippen LogP contribution in [0.5, 0.6) is 0 Å². The first-order valence-electron chi connectivity index (χ1n) is 5.15. The van der Waals surface area contributed by atoms with Gasteiger partial charge in [-0.1, -0.05) is 11.6 Å². The zero-order valence-electron chi connectivity index (χ0n) is 9.57. The molecule has 92 valence electrons. The molecule has 7 heteroatoms. The van der Waals surface area contributed by atoms with Crippen LogP contribution in [0.15, 0.2) is 0 Å². The summed E-state index contributed by atoms with van der Waals surface area (Å²) >= 11 is 6.08. The molecule has 1 atom stereocenters. The van der Waals surface area contributed by atoms with Crippen LogP contribution in [0.1, 0.15) is 24.6 Å². The summed E-state index contributed by atoms with van der Waals surface area (Å²) in [6.45, 7) is 3.49. The van der Waals surface area contributed by atoms with Crippen molar-refractivity contribution >= 4 is 21.4 Å². The zero-order chi connectivity index (χ0) is 12.8. The number of rotatable bonds is 1. The van der Waals surface area contributed by atoms with Crippen molar-refractivity contribution in [2.24, 2.45) is 0 Å². The summed E-state index contributed by atoms with van der Waals surface area (Å²) in [6, 6.07) is 1.98. The first-order valence-corrected chi connectivity index (χ1v) is 7.35. The molecule has 0 bridgehead atoms. The number of nitriles is 1. The number of hydrogen-bond donors (Lipinski definition) is 0. The van der Waals surface area contributed by atoms with E-state index in [0.29, 0.717) is 17.7 Å². The molecular weight excluding hydrogens is 262 g/mol. The Morgan fingerprint density at radius 3 is 2.65 bits per heavy atom. The van der Waals surface area contributed by atoms with E-state index in [1.807, 2.05) is 6.07 Å². The summed E-state index contributed by atoms with van der Waals surface area (Å²) in [5, 5.41) is 13.4. The van der Waals surface area contributed by atoms with E-state index in [0.717, 1.165) is 0 Å². The summed E-state index contributed by atoms with van der Waals surface area (Å²) < 4.78 is 24.6. The number of aryl methyl sites for hydroxylation is 1. The molecular formula is C10H12ClN3O2S. The van der Waals surface area contributed by atoms with Crippen molar-refractivity contribution in [1.29, 1.82) is 5.26 Å². The highest BCUT2D eigenvalue weighted by atomic mass is 35.5. The fourth-order valence-corrected chi connectivity index (χ4v) is 4.67. The Hall–Kier alpha value is -1.06. The van der Waals surface area contributed by atoms with E-state index in [1.54, 1.807) is 13.8 Å². The standard InChI is InChI=1S/C10H12ClN3O2S/c1-7-8(5-12)9(11)14(13-7)10(2)3-4-17(15,16)6-10/h3-4,6H2,1-2H3.